The summed E-state index contributed by atoms with van der Waals surface area (Å²) in [6.07, 6.45) is 1.43. The monoisotopic (exact) mass is 678 g/mol. The van der Waals surface area contributed by atoms with Crippen LogP contribution in [0.1, 0.15) is 21.6 Å². The third kappa shape index (κ3) is 6.52. The number of esters is 1. The summed E-state index contributed by atoms with van der Waals surface area (Å²) in [5.74, 6) is -2.96. The summed E-state index contributed by atoms with van der Waals surface area (Å²) in [6, 6.07) is 16.2. The first-order chi connectivity index (χ1) is 22.5. The van der Waals surface area contributed by atoms with Crippen molar-refractivity contribution in [2.75, 3.05) is 17.9 Å². The highest BCUT2D eigenvalue weighted by Crippen LogP contribution is 2.43. The molecule has 0 radical (unpaired) electrons. The average molecular weight is 679 g/mol. The van der Waals surface area contributed by atoms with Crippen LogP contribution in [0.5, 0.6) is 0 Å². The van der Waals surface area contributed by atoms with E-state index >= 15 is 0 Å². The molecule has 0 N–H and O–H groups in total. The number of hydrogen-bond acceptors (Lipinski definition) is 12. The molecule has 17 heteroatoms. The average Bonchev–Trinajstić information content (AvgIpc) is 3.50. The molecule has 238 valence electrons. The Balaban J connectivity index is 1.90. The zero-order valence-electron chi connectivity index (χ0n) is 24.0. The van der Waals surface area contributed by atoms with Gasteiger partial charge in [-0.1, -0.05) is 36.4 Å². The molecule has 47 heavy (non-hydrogen) atoms. The number of thioether (sulfide) groups is 2. The highest BCUT2D eigenvalue weighted by molar-refractivity contribution is 8.18. The number of aromatic nitrogens is 2. The molecule has 0 fully saturated rings. The Hall–Kier alpha value is -5.68. The van der Waals surface area contributed by atoms with E-state index in [9.17, 15) is 38.6 Å². The van der Waals surface area contributed by atoms with Crippen LogP contribution < -0.4 is 10.4 Å². The molecule has 1 aliphatic rings. The molecule has 0 amide bonds. The highest BCUT2D eigenvalue weighted by Gasteiger charge is 2.39. The number of nitro groups is 2. The first-order valence-electron chi connectivity index (χ1n) is 13.3. The first kappa shape index (κ1) is 32.7. The topological polar surface area (TPSA) is 163 Å². The Morgan fingerprint density at radius 2 is 1.74 bits per heavy atom. The Morgan fingerprint density at radius 3 is 2.36 bits per heavy atom. The number of halogens is 2. The molecule has 2 heterocycles. The Kier molecular flexibility index (Phi) is 9.57. The molecule has 0 spiro atoms. The third-order valence-corrected chi connectivity index (χ3v) is 8.55. The lowest BCUT2D eigenvalue weighted by molar-refractivity contribution is -0.387. The molecular weight excluding hydrogens is 658 g/mol. The van der Waals surface area contributed by atoms with Gasteiger partial charge in [-0.05, 0) is 48.2 Å². The molecule has 0 unspecified atom stereocenters. The zero-order valence-corrected chi connectivity index (χ0v) is 25.7. The van der Waals surface area contributed by atoms with Crippen LogP contribution in [-0.2, 0) is 4.74 Å². The second-order valence-electron chi connectivity index (χ2n) is 9.33. The molecule has 13 nitrogen and oxygen atoms in total. The van der Waals surface area contributed by atoms with Crippen LogP contribution in [0.4, 0.5) is 20.2 Å². The van der Waals surface area contributed by atoms with Gasteiger partial charge in [-0.2, -0.15) is 14.6 Å². The maximum Gasteiger partial charge on any atom is 0.362 e. The number of carbonyl (C=O) groups is 1. The van der Waals surface area contributed by atoms with Gasteiger partial charge < -0.3 is 4.74 Å². The van der Waals surface area contributed by atoms with Crippen LogP contribution in [-0.4, -0.2) is 43.5 Å². The number of hydrogen-bond donors (Lipinski definition) is 0. The van der Waals surface area contributed by atoms with E-state index in [2.05, 4.69) is 16.8 Å². The van der Waals surface area contributed by atoms with E-state index in [1.165, 1.54) is 18.2 Å². The van der Waals surface area contributed by atoms with Crippen molar-refractivity contribution < 1.29 is 28.2 Å². The predicted molar refractivity (Wildman–Crippen MR) is 172 cm³/mol. The maximum atomic E-state index is 14.3. The number of methoxy groups -OCH3 is 1. The van der Waals surface area contributed by atoms with E-state index in [0.717, 1.165) is 70.7 Å². The number of carbonyl (C=O) groups excluding carboxylic acids is 1. The number of anilines is 1. The smallest absolute Gasteiger partial charge is 0.362 e. The third-order valence-electron chi connectivity index (χ3n) is 6.43. The summed E-state index contributed by atoms with van der Waals surface area (Å²) >= 11 is 1.68. The fraction of sp³-hybridized carbons (Fsp3) is 0.0667. The summed E-state index contributed by atoms with van der Waals surface area (Å²) in [7, 11) is 0.965. The minimum absolute atomic E-state index is 0.0515. The van der Waals surface area contributed by atoms with Crippen molar-refractivity contribution in [3.63, 3.8) is 0 Å². The number of nitrogens with zero attached hydrogens (tertiary/aromatic N) is 6. The number of rotatable bonds is 10. The molecule has 0 bridgehead atoms. The van der Waals surface area contributed by atoms with E-state index in [1.54, 1.807) is 30.3 Å². The molecule has 0 saturated carbocycles. The van der Waals surface area contributed by atoms with E-state index in [1.807, 2.05) is 0 Å². The lowest BCUT2D eigenvalue weighted by Gasteiger charge is -2.19. The standard InChI is InChI=1S/C30H20F2N6O7S2/c1-3-15-46-28-23(26(39)24(30(40)45-2)33-36(28)20-13-14-21(32)22(16-20)37(41)42)25(38(43)44)29-35(19-11-9-18(31)10-12-19)34-27(47-29)17-7-5-4-6-8-17/h3-14,16H,1,15H2,2H3/b29-25-. The summed E-state index contributed by atoms with van der Waals surface area (Å²) in [5.41, 5.74) is -3.90. The van der Waals surface area contributed by atoms with Crippen molar-refractivity contribution in [2.45, 2.75) is 5.03 Å². The van der Waals surface area contributed by atoms with Crippen LogP contribution in [0.25, 0.3) is 11.4 Å². The quantitative estimate of drug-likeness (QED) is 0.0635. The van der Waals surface area contributed by atoms with Crippen molar-refractivity contribution in [2.24, 2.45) is 5.10 Å². The maximum absolute atomic E-state index is 14.3. The van der Waals surface area contributed by atoms with Gasteiger partial charge in [0.2, 0.25) is 16.9 Å². The number of benzene rings is 3. The van der Waals surface area contributed by atoms with Gasteiger partial charge in [0.25, 0.3) is 0 Å². The van der Waals surface area contributed by atoms with Crippen LogP contribution in [0.15, 0.2) is 105 Å². The Bertz CT molecular complexity index is 2050. The van der Waals surface area contributed by atoms with Crippen molar-refractivity contribution in [1.29, 1.82) is 0 Å². The Morgan fingerprint density at radius 1 is 1.06 bits per heavy atom. The van der Waals surface area contributed by atoms with Crippen LogP contribution in [0, 0.1) is 31.9 Å². The summed E-state index contributed by atoms with van der Waals surface area (Å²) < 4.78 is 33.9. The van der Waals surface area contributed by atoms with Crippen LogP contribution in [0.2, 0.25) is 0 Å². The van der Waals surface area contributed by atoms with Gasteiger partial charge in [0.1, 0.15) is 21.5 Å². The van der Waals surface area contributed by atoms with Crippen LogP contribution >= 0.6 is 23.5 Å². The minimum Gasteiger partial charge on any atom is -0.464 e. The summed E-state index contributed by atoms with van der Waals surface area (Å²) in [6.45, 7) is 3.65. The van der Waals surface area contributed by atoms with Gasteiger partial charge in [0.05, 0.1) is 28.3 Å². The highest BCUT2D eigenvalue weighted by atomic mass is 32.2. The summed E-state index contributed by atoms with van der Waals surface area (Å²) in [4.78, 5) is 49.7. The largest absolute Gasteiger partial charge is 0.464 e. The molecule has 0 aliphatic carbocycles. The SMILES string of the molecule is C=CCSc1c(/C(=C2/SC(c3ccccc3)=NN2c2ccc(F)cc2)[N+](=O)[O-])c(=O)c(C(=O)OC)nn1-c1ccc(F)c([N+](=O)[O-])c1. The lowest BCUT2D eigenvalue weighted by Crippen LogP contribution is -2.30. The van der Waals surface area contributed by atoms with Gasteiger partial charge in [-0.15, -0.1) is 18.3 Å². The van der Waals surface area contributed by atoms with Gasteiger partial charge in [0, 0.05) is 17.4 Å². The number of hydrazone groups is 1. The van der Waals surface area contributed by atoms with Gasteiger partial charge in [-0.25, -0.2) is 18.9 Å². The van der Waals surface area contributed by atoms with E-state index in [-0.39, 0.29) is 27.2 Å². The molecule has 4 aromatic rings. The second kappa shape index (κ2) is 13.8. The second-order valence-corrected chi connectivity index (χ2v) is 11.3. The molecule has 0 saturated heterocycles. The normalized spacial score (nSPS) is 13.6. The fourth-order valence-corrected chi connectivity index (χ4v) is 6.28. The van der Waals surface area contributed by atoms with Gasteiger partial charge in [0.15, 0.2) is 5.03 Å². The zero-order chi connectivity index (χ0) is 33.8. The van der Waals surface area contributed by atoms with Crippen molar-refractivity contribution in [1.82, 2.24) is 9.78 Å². The summed E-state index contributed by atoms with van der Waals surface area (Å²) in [5, 5.41) is 34.3. The Labute approximate surface area is 272 Å². The number of nitro benzene ring substituents is 1. The van der Waals surface area contributed by atoms with Gasteiger partial charge in [-0.3, -0.25) is 25.0 Å². The molecule has 1 aliphatic heterocycles. The van der Waals surface area contributed by atoms with Crippen molar-refractivity contribution in [3.8, 4) is 5.69 Å². The molecule has 5 rings (SSSR count). The van der Waals surface area contributed by atoms with Crippen LogP contribution in [0.3, 0.4) is 0 Å². The minimum atomic E-state index is -1.26. The van der Waals surface area contributed by atoms with E-state index in [0.29, 0.717) is 10.6 Å². The molecule has 0 atom stereocenters. The molecule has 3 aromatic carbocycles. The fourth-order valence-electron chi connectivity index (χ4n) is 4.34. The van der Waals surface area contributed by atoms with Gasteiger partial charge >= 0.3 is 17.4 Å². The van der Waals surface area contributed by atoms with Crippen molar-refractivity contribution in [3.05, 3.63) is 149 Å². The van der Waals surface area contributed by atoms with Crippen molar-refractivity contribution >= 4 is 51.6 Å². The predicted octanol–water partition coefficient (Wildman–Crippen LogP) is 6.00. The van der Waals surface area contributed by atoms with E-state index in [4.69, 9.17) is 4.74 Å². The first-order valence-corrected chi connectivity index (χ1v) is 15.1. The molecule has 1 aromatic heterocycles. The molecular formula is C30H20F2N6O7S2. The van der Waals surface area contributed by atoms with E-state index < -0.39 is 55.5 Å². The lowest BCUT2D eigenvalue weighted by atomic mass is 10.1. The number of ether oxygens (including phenoxy) is 1.